The van der Waals surface area contributed by atoms with Crippen molar-refractivity contribution in [2.75, 3.05) is 0 Å². The summed E-state index contributed by atoms with van der Waals surface area (Å²) in [7, 11) is 0. The molecule has 1 heterocycles. The molecule has 0 bridgehead atoms. The fourth-order valence-electron chi connectivity index (χ4n) is 2.17. The number of hydrogen-bond acceptors (Lipinski definition) is 3. The fraction of sp³-hybridized carbons (Fsp3) is 0. The molecule has 0 aliphatic carbocycles. The predicted octanol–water partition coefficient (Wildman–Crippen LogP) is 4.14. The number of benzene rings is 2. The molecule has 0 amide bonds. The van der Waals surface area contributed by atoms with Gasteiger partial charge < -0.3 is 5.84 Å². The van der Waals surface area contributed by atoms with Crippen LogP contribution < -0.4 is 5.84 Å². The summed E-state index contributed by atoms with van der Waals surface area (Å²) in [6.07, 6.45) is 3.40. The van der Waals surface area contributed by atoms with Crippen LogP contribution in [0.5, 0.6) is 0 Å². The van der Waals surface area contributed by atoms with E-state index < -0.39 is 0 Å². The molecule has 0 spiro atoms. The summed E-state index contributed by atoms with van der Waals surface area (Å²) in [5, 5.41) is 9.30. The van der Waals surface area contributed by atoms with Crippen LogP contribution in [-0.4, -0.2) is 16.0 Å². The molecule has 0 aliphatic heterocycles. The number of hydrogen-bond donors (Lipinski definition) is 1. The Morgan fingerprint density at radius 2 is 1.86 bits per heavy atom. The number of nitrogens with two attached hydrogens (primary N) is 1. The number of nitrogens with zero attached hydrogens (tertiary/aromatic N) is 3. The van der Waals surface area contributed by atoms with E-state index in [0.717, 1.165) is 16.8 Å². The summed E-state index contributed by atoms with van der Waals surface area (Å²) in [4.78, 5) is 0. The van der Waals surface area contributed by atoms with Gasteiger partial charge in [-0.15, -0.1) is 0 Å². The first-order valence-corrected chi connectivity index (χ1v) is 7.28. The van der Waals surface area contributed by atoms with Crippen molar-refractivity contribution in [2.45, 2.75) is 0 Å². The van der Waals surface area contributed by atoms with Crippen LogP contribution in [0, 0.1) is 0 Å². The van der Waals surface area contributed by atoms with E-state index >= 15 is 0 Å². The summed E-state index contributed by atoms with van der Waals surface area (Å²) in [5.74, 6) is 5.30. The van der Waals surface area contributed by atoms with Gasteiger partial charge in [0.05, 0.1) is 16.9 Å². The van der Waals surface area contributed by atoms with Crippen LogP contribution in [0.1, 0.15) is 5.56 Å². The van der Waals surface area contributed by atoms with E-state index in [1.807, 2.05) is 42.6 Å². The molecule has 4 nitrogen and oxygen atoms in total. The second-order valence-electron chi connectivity index (χ2n) is 4.62. The van der Waals surface area contributed by atoms with Gasteiger partial charge in [-0.05, 0) is 30.3 Å². The molecule has 0 radical (unpaired) electrons. The summed E-state index contributed by atoms with van der Waals surface area (Å²) >= 11 is 12.2. The lowest BCUT2D eigenvalue weighted by molar-refractivity contribution is 0.884. The largest absolute Gasteiger partial charge is 0.323 e. The van der Waals surface area contributed by atoms with Crippen molar-refractivity contribution in [1.82, 2.24) is 9.78 Å². The highest BCUT2D eigenvalue weighted by Gasteiger charge is 2.14. The van der Waals surface area contributed by atoms with Crippen molar-refractivity contribution in [3.63, 3.8) is 0 Å². The molecule has 0 saturated carbocycles. The van der Waals surface area contributed by atoms with Crippen LogP contribution in [-0.2, 0) is 0 Å². The lowest BCUT2D eigenvalue weighted by Crippen LogP contribution is -1.94. The minimum absolute atomic E-state index is 0.525. The molecular formula is C16H12Cl2N4. The molecular weight excluding hydrogens is 319 g/mol. The van der Waals surface area contributed by atoms with Crippen LogP contribution in [0.25, 0.3) is 16.9 Å². The van der Waals surface area contributed by atoms with E-state index in [1.54, 1.807) is 23.0 Å². The number of aromatic nitrogens is 2. The summed E-state index contributed by atoms with van der Waals surface area (Å²) < 4.78 is 1.76. The number of hydrazone groups is 1. The first kappa shape index (κ1) is 14.6. The third-order valence-electron chi connectivity index (χ3n) is 3.16. The van der Waals surface area contributed by atoms with Crippen molar-refractivity contribution in [3.05, 3.63) is 70.3 Å². The molecule has 3 aromatic rings. The Morgan fingerprint density at radius 3 is 2.55 bits per heavy atom. The van der Waals surface area contributed by atoms with Crippen LogP contribution >= 0.6 is 23.2 Å². The summed E-state index contributed by atoms with van der Waals surface area (Å²) in [5.41, 5.74) is 3.18. The van der Waals surface area contributed by atoms with Gasteiger partial charge in [-0.2, -0.15) is 10.2 Å². The molecule has 2 aromatic carbocycles. The number of rotatable bonds is 3. The Balaban J connectivity index is 2.16. The first-order chi connectivity index (χ1) is 10.7. The lowest BCUT2D eigenvalue weighted by Gasteiger charge is -2.03. The average Bonchev–Trinajstić information content (AvgIpc) is 2.92. The average molecular weight is 331 g/mol. The van der Waals surface area contributed by atoms with Crippen molar-refractivity contribution in [3.8, 4) is 16.9 Å². The zero-order valence-corrected chi connectivity index (χ0v) is 13.0. The lowest BCUT2D eigenvalue weighted by atomic mass is 10.1. The van der Waals surface area contributed by atoms with Crippen LogP contribution in [0.15, 0.2) is 59.8 Å². The smallest absolute Gasteiger partial charge is 0.103 e. The van der Waals surface area contributed by atoms with Gasteiger partial charge in [-0.1, -0.05) is 41.4 Å². The molecule has 2 N–H and O–H groups in total. The quantitative estimate of drug-likeness (QED) is 0.445. The van der Waals surface area contributed by atoms with Gasteiger partial charge in [-0.25, -0.2) is 4.68 Å². The van der Waals surface area contributed by atoms with Gasteiger partial charge in [0.25, 0.3) is 0 Å². The van der Waals surface area contributed by atoms with Crippen LogP contribution in [0.3, 0.4) is 0 Å². The second kappa shape index (κ2) is 6.22. The van der Waals surface area contributed by atoms with E-state index in [1.165, 1.54) is 0 Å². The van der Waals surface area contributed by atoms with Gasteiger partial charge >= 0.3 is 0 Å². The van der Waals surface area contributed by atoms with Crippen molar-refractivity contribution in [2.24, 2.45) is 10.9 Å². The third-order valence-corrected chi connectivity index (χ3v) is 3.71. The topological polar surface area (TPSA) is 56.2 Å². The minimum Gasteiger partial charge on any atom is -0.323 e. The number of halogens is 2. The Bertz CT molecular complexity index is 825. The van der Waals surface area contributed by atoms with E-state index in [-0.39, 0.29) is 0 Å². The normalized spacial score (nSPS) is 11.2. The standard InChI is InChI=1S/C16H12Cl2N4/c17-12-6-7-14(15(18)8-12)16-11(9-20-19)10-22(21-16)13-4-2-1-3-5-13/h1-10H,19H2. The summed E-state index contributed by atoms with van der Waals surface area (Å²) in [6.45, 7) is 0. The maximum absolute atomic E-state index is 6.28. The summed E-state index contributed by atoms with van der Waals surface area (Å²) in [6, 6.07) is 15.1. The van der Waals surface area contributed by atoms with Crippen molar-refractivity contribution < 1.29 is 0 Å². The zero-order chi connectivity index (χ0) is 15.5. The highest BCUT2D eigenvalue weighted by atomic mass is 35.5. The molecule has 0 fully saturated rings. The Kier molecular flexibility index (Phi) is 4.13. The molecule has 3 rings (SSSR count). The molecule has 1 aromatic heterocycles. The Morgan fingerprint density at radius 1 is 1.09 bits per heavy atom. The molecule has 110 valence electrons. The van der Waals surface area contributed by atoms with Gasteiger partial charge in [0.2, 0.25) is 0 Å². The highest BCUT2D eigenvalue weighted by molar-refractivity contribution is 6.36. The molecule has 0 atom stereocenters. The molecule has 0 saturated heterocycles. The van der Waals surface area contributed by atoms with Crippen LogP contribution in [0.4, 0.5) is 0 Å². The molecule has 22 heavy (non-hydrogen) atoms. The first-order valence-electron chi connectivity index (χ1n) is 6.53. The van der Waals surface area contributed by atoms with Gasteiger partial charge in [0, 0.05) is 22.3 Å². The van der Waals surface area contributed by atoms with E-state index in [9.17, 15) is 0 Å². The molecule has 6 heteroatoms. The molecule has 0 unspecified atom stereocenters. The number of para-hydroxylation sites is 1. The second-order valence-corrected chi connectivity index (χ2v) is 5.46. The maximum Gasteiger partial charge on any atom is 0.103 e. The van der Waals surface area contributed by atoms with Crippen molar-refractivity contribution >= 4 is 29.4 Å². The Hall–Kier alpha value is -2.30. The molecule has 0 aliphatic rings. The maximum atomic E-state index is 6.28. The van der Waals surface area contributed by atoms with E-state index in [4.69, 9.17) is 29.0 Å². The van der Waals surface area contributed by atoms with Gasteiger partial charge in [0.1, 0.15) is 5.69 Å². The predicted molar refractivity (Wildman–Crippen MR) is 90.8 cm³/mol. The van der Waals surface area contributed by atoms with Gasteiger partial charge in [0.15, 0.2) is 0 Å². The highest BCUT2D eigenvalue weighted by Crippen LogP contribution is 2.31. The monoisotopic (exact) mass is 330 g/mol. The van der Waals surface area contributed by atoms with Crippen LogP contribution in [0.2, 0.25) is 10.0 Å². The van der Waals surface area contributed by atoms with E-state index in [0.29, 0.717) is 15.7 Å². The van der Waals surface area contributed by atoms with Crippen molar-refractivity contribution in [1.29, 1.82) is 0 Å². The fourth-order valence-corrected chi connectivity index (χ4v) is 2.66. The minimum atomic E-state index is 0.525. The Labute approximate surface area is 137 Å². The van der Waals surface area contributed by atoms with E-state index in [2.05, 4.69) is 10.2 Å². The van der Waals surface area contributed by atoms with Gasteiger partial charge in [-0.3, -0.25) is 0 Å². The third kappa shape index (κ3) is 2.84. The zero-order valence-electron chi connectivity index (χ0n) is 11.4. The SMILES string of the molecule is NN=Cc1cn(-c2ccccc2)nc1-c1ccc(Cl)cc1Cl.